The van der Waals surface area contributed by atoms with Crippen LogP contribution in [-0.4, -0.2) is 23.4 Å². The summed E-state index contributed by atoms with van der Waals surface area (Å²) >= 11 is 5.34. The van der Waals surface area contributed by atoms with Crippen LogP contribution in [0.15, 0.2) is 5.38 Å². The Morgan fingerprint density at radius 1 is 1.71 bits per heavy atom. The Morgan fingerprint density at radius 3 is 3.21 bits per heavy atom. The number of thiazole rings is 1. The maximum Gasteiger partial charge on any atom is 0.185 e. The van der Waals surface area contributed by atoms with E-state index in [4.69, 9.17) is 0 Å². The fraction of sp³-hybridized carbons (Fsp3) is 0.700. The van der Waals surface area contributed by atoms with E-state index in [1.165, 1.54) is 24.5 Å². The van der Waals surface area contributed by atoms with Crippen LogP contribution in [0.5, 0.6) is 0 Å². The molecule has 2 heterocycles. The molecule has 2 nitrogen and oxygen atoms in total. The zero-order valence-corrected chi connectivity index (χ0v) is 10.8. The Labute approximate surface area is 97.5 Å². The monoisotopic (exact) mass is 274 g/mol. The van der Waals surface area contributed by atoms with Crippen LogP contribution in [-0.2, 0) is 0 Å². The molecular formula is C10H15BrN2S. The fourth-order valence-electron chi connectivity index (χ4n) is 1.85. The number of halogens is 1. The highest BCUT2D eigenvalue weighted by Crippen LogP contribution is 2.26. The van der Waals surface area contributed by atoms with Crippen LogP contribution in [0.4, 0.5) is 5.13 Å². The van der Waals surface area contributed by atoms with E-state index in [0.29, 0.717) is 0 Å². The summed E-state index contributed by atoms with van der Waals surface area (Å²) < 4.78 is 0. The number of nitrogens with zero attached hydrogens (tertiary/aromatic N) is 2. The third-order valence-corrected chi connectivity index (χ3v) is 4.55. The first kappa shape index (κ1) is 10.4. The second-order valence-corrected chi connectivity index (χ2v) is 5.36. The van der Waals surface area contributed by atoms with Crippen molar-refractivity contribution < 1.29 is 0 Å². The van der Waals surface area contributed by atoms with E-state index in [0.717, 1.165) is 23.5 Å². The van der Waals surface area contributed by atoms with E-state index < -0.39 is 0 Å². The van der Waals surface area contributed by atoms with Crippen molar-refractivity contribution in [3.05, 3.63) is 11.1 Å². The molecule has 0 spiro atoms. The molecule has 1 atom stereocenters. The van der Waals surface area contributed by atoms with Gasteiger partial charge in [-0.05, 0) is 25.7 Å². The molecular weight excluding hydrogens is 260 g/mol. The molecule has 0 amide bonds. The molecule has 78 valence electrons. The minimum atomic E-state index is 0.799. The largest absolute Gasteiger partial charge is 0.348 e. The van der Waals surface area contributed by atoms with Crippen molar-refractivity contribution in [2.75, 3.05) is 23.3 Å². The predicted molar refractivity (Wildman–Crippen MR) is 65.6 cm³/mol. The lowest BCUT2D eigenvalue weighted by molar-refractivity contribution is 0.454. The first-order valence-corrected chi connectivity index (χ1v) is 7.02. The maximum atomic E-state index is 4.53. The lowest BCUT2D eigenvalue weighted by Gasteiger charge is -2.31. The van der Waals surface area contributed by atoms with Crippen molar-refractivity contribution in [2.45, 2.75) is 19.8 Å². The third kappa shape index (κ3) is 2.28. The van der Waals surface area contributed by atoms with Gasteiger partial charge < -0.3 is 4.90 Å². The zero-order chi connectivity index (χ0) is 9.97. The first-order valence-electron chi connectivity index (χ1n) is 5.02. The Kier molecular flexibility index (Phi) is 3.44. The van der Waals surface area contributed by atoms with Crippen molar-refractivity contribution in [1.29, 1.82) is 0 Å². The number of rotatable bonds is 2. The van der Waals surface area contributed by atoms with Crippen LogP contribution in [0, 0.1) is 12.8 Å². The summed E-state index contributed by atoms with van der Waals surface area (Å²) in [4.78, 5) is 6.96. The van der Waals surface area contributed by atoms with E-state index in [2.05, 4.69) is 38.1 Å². The van der Waals surface area contributed by atoms with Gasteiger partial charge in [-0.1, -0.05) is 15.9 Å². The van der Waals surface area contributed by atoms with Gasteiger partial charge in [-0.2, -0.15) is 0 Å². The maximum absolute atomic E-state index is 4.53. The molecule has 4 heteroatoms. The van der Waals surface area contributed by atoms with Gasteiger partial charge in [0.05, 0.1) is 5.69 Å². The molecule has 0 radical (unpaired) electrons. The second-order valence-electron chi connectivity index (χ2n) is 3.88. The van der Waals surface area contributed by atoms with Gasteiger partial charge in [-0.15, -0.1) is 11.3 Å². The number of hydrogen-bond acceptors (Lipinski definition) is 3. The molecule has 0 N–H and O–H groups in total. The average molecular weight is 275 g/mol. The smallest absolute Gasteiger partial charge is 0.185 e. The molecule has 1 aromatic heterocycles. The van der Waals surface area contributed by atoms with Gasteiger partial charge in [0, 0.05) is 23.8 Å². The van der Waals surface area contributed by atoms with Crippen molar-refractivity contribution in [2.24, 2.45) is 5.92 Å². The highest BCUT2D eigenvalue weighted by Gasteiger charge is 2.20. The van der Waals surface area contributed by atoms with Crippen LogP contribution in [0.2, 0.25) is 0 Å². The van der Waals surface area contributed by atoms with Gasteiger partial charge in [0.1, 0.15) is 0 Å². The van der Waals surface area contributed by atoms with E-state index in [-0.39, 0.29) is 0 Å². The molecule has 1 fully saturated rings. The van der Waals surface area contributed by atoms with Crippen LogP contribution in [0.1, 0.15) is 18.5 Å². The van der Waals surface area contributed by atoms with E-state index >= 15 is 0 Å². The highest BCUT2D eigenvalue weighted by atomic mass is 79.9. The van der Waals surface area contributed by atoms with E-state index in [1.807, 2.05) is 0 Å². The molecule has 14 heavy (non-hydrogen) atoms. The molecule has 1 unspecified atom stereocenters. The quantitative estimate of drug-likeness (QED) is 0.771. The minimum absolute atomic E-state index is 0.799. The Balaban J connectivity index is 2.04. The second kappa shape index (κ2) is 4.62. The molecule has 2 rings (SSSR count). The molecule has 1 saturated heterocycles. The molecule has 1 aliphatic rings. The summed E-state index contributed by atoms with van der Waals surface area (Å²) in [5.74, 6) is 0.799. The first-order chi connectivity index (χ1) is 6.79. The van der Waals surface area contributed by atoms with Crippen molar-refractivity contribution in [3.8, 4) is 0 Å². The van der Waals surface area contributed by atoms with Gasteiger partial charge in [0.25, 0.3) is 0 Å². The van der Waals surface area contributed by atoms with Crippen LogP contribution in [0.3, 0.4) is 0 Å². The lowest BCUT2D eigenvalue weighted by Crippen LogP contribution is -2.35. The Bertz CT molecular complexity index is 300. The van der Waals surface area contributed by atoms with Crippen LogP contribution < -0.4 is 4.90 Å². The average Bonchev–Trinajstić information content (AvgIpc) is 2.65. The fourth-order valence-corrected chi connectivity index (χ4v) is 3.22. The number of aromatic nitrogens is 1. The number of piperidine rings is 1. The van der Waals surface area contributed by atoms with E-state index in [9.17, 15) is 0 Å². The number of hydrogen-bond donors (Lipinski definition) is 0. The Hall–Kier alpha value is -0.0900. The van der Waals surface area contributed by atoms with Gasteiger partial charge >= 0.3 is 0 Å². The molecule has 1 aliphatic heterocycles. The van der Waals surface area contributed by atoms with Crippen LogP contribution in [0.25, 0.3) is 0 Å². The number of aryl methyl sites for hydroxylation is 1. The normalized spacial score (nSPS) is 22.7. The Morgan fingerprint density at radius 2 is 2.57 bits per heavy atom. The molecule has 0 bridgehead atoms. The van der Waals surface area contributed by atoms with Crippen LogP contribution >= 0.6 is 27.3 Å². The third-order valence-electron chi connectivity index (χ3n) is 2.61. The number of anilines is 1. The summed E-state index contributed by atoms with van der Waals surface area (Å²) in [5.41, 5.74) is 1.14. The standard InChI is InChI=1S/C10H15BrN2S/c1-8-7-14-10(12-8)13-4-2-3-9(5-11)6-13/h7,9H,2-6H2,1H3. The van der Waals surface area contributed by atoms with Crippen molar-refractivity contribution in [3.63, 3.8) is 0 Å². The molecule has 0 aliphatic carbocycles. The zero-order valence-electron chi connectivity index (χ0n) is 8.37. The molecule has 0 aromatic carbocycles. The summed E-state index contributed by atoms with van der Waals surface area (Å²) in [6, 6.07) is 0. The summed E-state index contributed by atoms with van der Waals surface area (Å²) in [6.07, 6.45) is 2.65. The SMILES string of the molecule is Cc1csc(N2CCCC(CBr)C2)n1. The highest BCUT2D eigenvalue weighted by molar-refractivity contribution is 9.09. The predicted octanol–water partition coefficient (Wildman–Crippen LogP) is 3.06. The van der Waals surface area contributed by atoms with Gasteiger partial charge in [0.15, 0.2) is 5.13 Å². The van der Waals surface area contributed by atoms with E-state index in [1.54, 1.807) is 11.3 Å². The minimum Gasteiger partial charge on any atom is -0.348 e. The van der Waals surface area contributed by atoms with Gasteiger partial charge in [0.2, 0.25) is 0 Å². The topological polar surface area (TPSA) is 16.1 Å². The molecule has 1 aromatic rings. The summed E-state index contributed by atoms with van der Waals surface area (Å²) in [5, 5.41) is 4.45. The number of alkyl halides is 1. The van der Waals surface area contributed by atoms with Gasteiger partial charge in [-0.3, -0.25) is 0 Å². The molecule has 0 saturated carbocycles. The van der Waals surface area contributed by atoms with Crippen molar-refractivity contribution >= 4 is 32.4 Å². The summed E-state index contributed by atoms with van der Waals surface area (Å²) in [6.45, 7) is 4.40. The summed E-state index contributed by atoms with van der Waals surface area (Å²) in [7, 11) is 0. The van der Waals surface area contributed by atoms with Crippen molar-refractivity contribution in [1.82, 2.24) is 4.98 Å². The lowest BCUT2D eigenvalue weighted by atomic mass is 10.0. The van der Waals surface area contributed by atoms with Gasteiger partial charge in [-0.25, -0.2) is 4.98 Å².